The van der Waals surface area contributed by atoms with Gasteiger partial charge < -0.3 is 10.1 Å². The minimum atomic E-state index is 0.224. The van der Waals surface area contributed by atoms with E-state index in [0.29, 0.717) is 0 Å². The molecule has 2 heterocycles. The summed E-state index contributed by atoms with van der Waals surface area (Å²) in [6.07, 6.45) is 4.48. The van der Waals surface area contributed by atoms with Crippen LogP contribution >= 0.6 is 27.3 Å². The van der Waals surface area contributed by atoms with Crippen LogP contribution < -0.4 is 5.32 Å². The van der Waals surface area contributed by atoms with Crippen LogP contribution in [0.3, 0.4) is 0 Å². The van der Waals surface area contributed by atoms with Gasteiger partial charge in [-0.1, -0.05) is 6.92 Å². The molecule has 0 amide bonds. The zero-order chi connectivity index (χ0) is 11.4. The summed E-state index contributed by atoms with van der Waals surface area (Å²) in [5, 5.41) is 3.48. The highest BCUT2D eigenvalue weighted by Crippen LogP contribution is 2.33. The van der Waals surface area contributed by atoms with Gasteiger partial charge in [-0.25, -0.2) is 0 Å². The molecule has 2 nitrogen and oxygen atoms in total. The van der Waals surface area contributed by atoms with Gasteiger partial charge >= 0.3 is 0 Å². The second-order valence-corrected chi connectivity index (χ2v) is 6.22. The first kappa shape index (κ1) is 12.1. The van der Waals surface area contributed by atoms with Gasteiger partial charge in [0.2, 0.25) is 0 Å². The molecular weight excluding hydrogens is 286 g/mol. The summed E-state index contributed by atoms with van der Waals surface area (Å²) in [6, 6.07) is 4.47. The highest BCUT2D eigenvalue weighted by atomic mass is 79.9. The molecule has 0 bridgehead atoms. The summed E-state index contributed by atoms with van der Waals surface area (Å²) in [5.74, 6) is 1.09. The van der Waals surface area contributed by atoms with Crippen molar-refractivity contribution >= 4 is 27.3 Å². The van der Waals surface area contributed by atoms with Crippen LogP contribution in [0.15, 0.2) is 27.8 Å². The van der Waals surface area contributed by atoms with Gasteiger partial charge in [0, 0.05) is 4.88 Å². The molecule has 0 saturated carbocycles. The van der Waals surface area contributed by atoms with Crippen LogP contribution in [0.4, 0.5) is 0 Å². The van der Waals surface area contributed by atoms with E-state index < -0.39 is 0 Å². The third-order valence-corrected chi connectivity index (χ3v) is 4.22. The summed E-state index contributed by atoms with van der Waals surface area (Å²) in [5.41, 5.74) is 0. The molecule has 1 aromatic rings. The van der Waals surface area contributed by atoms with Crippen LogP contribution in [-0.4, -0.2) is 13.2 Å². The van der Waals surface area contributed by atoms with Gasteiger partial charge in [-0.05, 0) is 53.5 Å². The molecule has 1 N–H and O–H groups in total. The minimum absolute atomic E-state index is 0.224. The lowest BCUT2D eigenvalue weighted by Crippen LogP contribution is -2.24. The topological polar surface area (TPSA) is 21.3 Å². The molecule has 1 atom stereocenters. The second kappa shape index (κ2) is 5.84. The standard InChI is InChI=1S/C12H16BrNOS/c1-2-14-12(9-5-3-4-8-15-9)10-6-7-11(13)16-10/h5-7,12,14H,2-4,8H2,1H3. The van der Waals surface area contributed by atoms with Crippen molar-refractivity contribution in [2.24, 2.45) is 0 Å². The van der Waals surface area contributed by atoms with E-state index >= 15 is 0 Å². The van der Waals surface area contributed by atoms with Crippen molar-refractivity contribution in [1.82, 2.24) is 5.32 Å². The van der Waals surface area contributed by atoms with Gasteiger partial charge in [-0.2, -0.15) is 0 Å². The Balaban J connectivity index is 2.19. The Morgan fingerprint density at radius 1 is 1.56 bits per heavy atom. The van der Waals surface area contributed by atoms with Crippen molar-refractivity contribution < 1.29 is 4.74 Å². The Morgan fingerprint density at radius 3 is 3.00 bits per heavy atom. The molecular formula is C12H16BrNOS. The van der Waals surface area contributed by atoms with Crippen molar-refractivity contribution in [1.29, 1.82) is 0 Å². The van der Waals surface area contributed by atoms with Crippen LogP contribution in [0, 0.1) is 0 Å². The van der Waals surface area contributed by atoms with Crippen molar-refractivity contribution in [3.63, 3.8) is 0 Å². The monoisotopic (exact) mass is 301 g/mol. The Morgan fingerprint density at radius 2 is 2.44 bits per heavy atom. The molecule has 0 aromatic carbocycles. The largest absolute Gasteiger partial charge is 0.496 e. The number of halogens is 1. The number of thiophene rings is 1. The van der Waals surface area contributed by atoms with Gasteiger partial charge in [0.1, 0.15) is 5.76 Å². The molecule has 1 aliphatic rings. The molecule has 1 unspecified atom stereocenters. The average Bonchev–Trinajstić information content (AvgIpc) is 2.74. The quantitative estimate of drug-likeness (QED) is 0.912. The summed E-state index contributed by atoms with van der Waals surface area (Å²) in [4.78, 5) is 1.31. The number of hydrogen-bond acceptors (Lipinski definition) is 3. The van der Waals surface area contributed by atoms with Gasteiger partial charge in [-0.3, -0.25) is 0 Å². The number of allylic oxidation sites excluding steroid dienone is 1. The molecule has 0 aliphatic carbocycles. The van der Waals surface area contributed by atoms with Gasteiger partial charge in [-0.15, -0.1) is 11.3 Å². The van der Waals surface area contributed by atoms with Crippen molar-refractivity contribution in [2.75, 3.05) is 13.2 Å². The Kier molecular flexibility index (Phi) is 4.44. The molecule has 0 spiro atoms. The predicted octanol–water partition coefficient (Wildman–Crippen LogP) is 3.86. The maximum absolute atomic E-state index is 5.75. The fraction of sp³-hybridized carbons (Fsp3) is 0.500. The van der Waals surface area contributed by atoms with E-state index in [-0.39, 0.29) is 6.04 Å². The normalized spacial score (nSPS) is 17.8. The van der Waals surface area contributed by atoms with E-state index in [2.05, 4.69) is 46.4 Å². The molecule has 0 radical (unpaired) electrons. The van der Waals surface area contributed by atoms with Crippen LogP contribution in [0.1, 0.15) is 30.7 Å². The third kappa shape index (κ3) is 2.87. The SMILES string of the molecule is CCNC(C1=CCCCO1)c1ccc(Br)s1. The molecule has 1 aromatic heterocycles. The summed E-state index contributed by atoms with van der Waals surface area (Å²) in [6.45, 7) is 3.92. The molecule has 16 heavy (non-hydrogen) atoms. The fourth-order valence-electron chi connectivity index (χ4n) is 1.81. The van der Waals surface area contributed by atoms with E-state index in [1.54, 1.807) is 11.3 Å². The summed E-state index contributed by atoms with van der Waals surface area (Å²) in [7, 11) is 0. The van der Waals surface area contributed by atoms with Crippen molar-refractivity contribution in [3.8, 4) is 0 Å². The first-order valence-corrected chi connectivity index (χ1v) is 7.23. The first-order valence-electron chi connectivity index (χ1n) is 5.62. The minimum Gasteiger partial charge on any atom is -0.496 e. The maximum Gasteiger partial charge on any atom is 0.114 e. The van der Waals surface area contributed by atoms with Gasteiger partial charge in [0.15, 0.2) is 0 Å². The van der Waals surface area contributed by atoms with Gasteiger partial charge in [0.25, 0.3) is 0 Å². The fourth-order valence-corrected chi connectivity index (χ4v) is 3.31. The average molecular weight is 302 g/mol. The Labute approximate surface area is 109 Å². The number of likely N-dealkylation sites (N-methyl/N-ethyl adjacent to an activating group) is 1. The molecule has 4 heteroatoms. The lowest BCUT2D eigenvalue weighted by atomic mass is 10.1. The third-order valence-electron chi connectivity index (χ3n) is 2.53. The lowest BCUT2D eigenvalue weighted by Gasteiger charge is -2.23. The molecule has 88 valence electrons. The van der Waals surface area contributed by atoms with Crippen molar-refractivity contribution in [3.05, 3.63) is 32.6 Å². The molecule has 2 rings (SSSR count). The van der Waals surface area contributed by atoms with Crippen molar-refractivity contribution in [2.45, 2.75) is 25.8 Å². The zero-order valence-electron chi connectivity index (χ0n) is 9.33. The smallest absolute Gasteiger partial charge is 0.114 e. The Bertz CT molecular complexity index is 375. The predicted molar refractivity (Wildman–Crippen MR) is 71.7 cm³/mol. The number of rotatable bonds is 4. The summed E-state index contributed by atoms with van der Waals surface area (Å²) < 4.78 is 6.91. The highest BCUT2D eigenvalue weighted by Gasteiger charge is 2.20. The van der Waals surface area contributed by atoms with Gasteiger partial charge in [0.05, 0.1) is 16.4 Å². The van der Waals surface area contributed by atoms with E-state index in [1.165, 1.54) is 8.66 Å². The van der Waals surface area contributed by atoms with E-state index in [1.807, 2.05) is 0 Å². The second-order valence-electron chi connectivity index (χ2n) is 3.73. The van der Waals surface area contributed by atoms with E-state index in [0.717, 1.165) is 31.8 Å². The number of nitrogens with one attached hydrogen (secondary N) is 1. The molecule has 0 fully saturated rings. The lowest BCUT2D eigenvalue weighted by molar-refractivity contribution is 0.169. The van der Waals surface area contributed by atoms with Crippen LogP contribution in [0.25, 0.3) is 0 Å². The molecule has 1 aliphatic heterocycles. The maximum atomic E-state index is 5.75. The number of ether oxygens (including phenoxy) is 1. The highest BCUT2D eigenvalue weighted by molar-refractivity contribution is 9.11. The Hall–Kier alpha value is -0.320. The zero-order valence-corrected chi connectivity index (χ0v) is 11.7. The number of hydrogen-bond donors (Lipinski definition) is 1. The first-order chi connectivity index (χ1) is 7.81. The van der Waals surface area contributed by atoms with Crippen LogP contribution in [0.5, 0.6) is 0 Å². The van der Waals surface area contributed by atoms with E-state index in [4.69, 9.17) is 4.74 Å². The van der Waals surface area contributed by atoms with Crippen LogP contribution in [-0.2, 0) is 4.74 Å². The summed E-state index contributed by atoms with van der Waals surface area (Å²) >= 11 is 5.27. The molecule has 0 saturated heterocycles. The van der Waals surface area contributed by atoms with Crippen LogP contribution in [0.2, 0.25) is 0 Å². The van der Waals surface area contributed by atoms with E-state index in [9.17, 15) is 0 Å².